The van der Waals surface area contributed by atoms with E-state index in [2.05, 4.69) is 47.4 Å². The first kappa shape index (κ1) is 11.7. The number of aromatic nitrogens is 2. The summed E-state index contributed by atoms with van der Waals surface area (Å²) in [7, 11) is 0. The Hall–Kier alpha value is -0.790. The van der Waals surface area contributed by atoms with E-state index in [0.717, 1.165) is 8.95 Å². The van der Waals surface area contributed by atoms with E-state index in [1.54, 1.807) is 17.6 Å². The van der Waals surface area contributed by atoms with Gasteiger partial charge in [0.05, 0.1) is 0 Å². The monoisotopic (exact) mass is 361 g/mol. The number of amides is 1. The number of hydrogen-bond donors (Lipinski definition) is 1. The second-order valence-corrected chi connectivity index (χ2v) is 5.52. The van der Waals surface area contributed by atoms with Crippen molar-refractivity contribution in [3.63, 3.8) is 0 Å². The fourth-order valence-electron chi connectivity index (χ4n) is 1.08. The Morgan fingerprint density at radius 3 is 2.50 bits per heavy atom. The minimum atomic E-state index is -0.209. The lowest BCUT2D eigenvalue weighted by Gasteiger charge is -2.02. The topological polar surface area (TPSA) is 54.9 Å². The molecule has 2 rings (SSSR count). The molecule has 1 N–H and O–H groups in total. The molecule has 82 valence electrons. The molecule has 4 nitrogen and oxygen atoms in total. The first-order chi connectivity index (χ1) is 7.65. The Balaban J connectivity index is 2.21. The van der Waals surface area contributed by atoms with Gasteiger partial charge in [0.15, 0.2) is 0 Å². The number of carbonyl (C=O) groups is 1. The quantitative estimate of drug-likeness (QED) is 0.891. The highest BCUT2D eigenvalue weighted by Gasteiger charge is 2.09. The smallest absolute Gasteiger partial charge is 0.257 e. The Bertz CT molecular complexity index is 495. The summed E-state index contributed by atoms with van der Waals surface area (Å²) in [6, 6.07) is 5.34. The third-order valence-corrected chi connectivity index (χ3v) is 3.23. The molecule has 0 atom stereocenters. The van der Waals surface area contributed by atoms with Gasteiger partial charge in [-0.2, -0.15) is 0 Å². The molecule has 0 bridgehead atoms. The van der Waals surface area contributed by atoms with Crippen molar-refractivity contribution in [1.29, 1.82) is 0 Å². The molecule has 0 radical (unpaired) electrons. The van der Waals surface area contributed by atoms with Crippen LogP contribution in [0.15, 0.2) is 32.7 Å². The van der Waals surface area contributed by atoms with Gasteiger partial charge in [-0.15, -0.1) is 10.2 Å². The van der Waals surface area contributed by atoms with E-state index in [0.29, 0.717) is 10.7 Å². The summed E-state index contributed by atoms with van der Waals surface area (Å²) < 4.78 is 1.67. The summed E-state index contributed by atoms with van der Waals surface area (Å²) in [6.07, 6.45) is 0. The molecule has 1 amide bonds. The molecule has 0 aliphatic heterocycles. The summed E-state index contributed by atoms with van der Waals surface area (Å²) in [5.41, 5.74) is 2.11. The molecule has 16 heavy (non-hydrogen) atoms. The lowest BCUT2D eigenvalue weighted by Crippen LogP contribution is -2.11. The summed E-state index contributed by atoms with van der Waals surface area (Å²) in [5, 5.41) is 10.5. The lowest BCUT2D eigenvalue weighted by molar-refractivity contribution is 0.102. The Morgan fingerprint density at radius 1 is 1.25 bits per heavy atom. The van der Waals surface area contributed by atoms with E-state index < -0.39 is 0 Å². The number of anilines is 1. The van der Waals surface area contributed by atoms with Crippen LogP contribution in [0.3, 0.4) is 0 Å². The Kier molecular flexibility index (Phi) is 3.67. The first-order valence-electron chi connectivity index (χ1n) is 4.19. The fourth-order valence-corrected chi connectivity index (χ4v) is 2.82. The van der Waals surface area contributed by atoms with Crippen LogP contribution in [-0.2, 0) is 0 Å². The average Bonchev–Trinajstić information content (AvgIpc) is 2.68. The lowest BCUT2D eigenvalue weighted by atomic mass is 10.2. The second kappa shape index (κ2) is 5.03. The Morgan fingerprint density at radius 2 is 1.94 bits per heavy atom. The van der Waals surface area contributed by atoms with Crippen molar-refractivity contribution < 1.29 is 4.79 Å². The third-order valence-electron chi connectivity index (χ3n) is 1.71. The molecule has 0 aliphatic rings. The van der Waals surface area contributed by atoms with Crippen molar-refractivity contribution in [1.82, 2.24) is 10.2 Å². The summed E-state index contributed by atoms with van der Waals surface area (Å²) in [4.78, 5) is 11.8. The van der Waals surface area contributed by atoms with E-state index >= 15 is 0 Å². The Labute approximate surface area is 112 Å². The molecule has 7 heteroatoms. The van der Waals surface area contributed by atoms with Gasteiger partial charge >= 0.3 is 0 Å². The molecule has 1 aromatic carbocycles. The highest BCUT2D eigenvalue weighted by molar-refractivity contribution is 9.11. The van der Waals surface area contributed by atoms with Crippen molar-refractivity contribution in [2.24, 2.45) is 0 Å². The minimum absolute atomic E-state index is 0.209. The highest BCUT2D eigenvalue weighted by Crippen LogP contribution is 2.21. The second-order valence-electron chi connectivity index (χ2n) is 2.86. The van der Waals surface area contributed by atoms with Gasteiger partial charge in [-0.25, -0.2) is 0 Å². The standard InChI is InChI=1S/C9H5Br2N3OS/c10-6-1-5(2-7(11)3-6)8(15)13-9-14-12-4-16-9/h1-4H,(H,13,14,15). The molecule has 0 spiro atoms. The number of halogens is 2. The predicted octanol–water partition coefficient (Wildman–Crippen LogP) is 3.32. The van der Waals surface area contributed by atoms with Gasteiger partial charge in [-0.05, 0) is 18.2 Å². The van der Waals surface area contributed by atoms with Crippen LogP contribution in [0, 0.1) is 0 Å². The SMILES string of the molecule is O=C(Nc1nncs1)c1cc(Br)cc(Br)c1. The van der Waals surface area contributed by atoms with E-state index in [9.17, 15) is 4.79 Å². The number of rotatable bonds is 2. The van der Waals surface area contributed by atoms with Gasteiger partial charge < -0.3 is 0 Å². The van der Waals surface area contributed by atoms with E-state index in [1.165, 1.54) is 11.3 Å². The van der Waals surface area contributed by atoms with Crippen LogP contribution in [0.4, 0.5) is 5.13 Å². The molecular formula is C9H5Br2N3OS. The van der Waals surface area contributed by atoms with Crippen LogP contribution >= 0.6 is 43.2 Å². The van der Waals surface area contributed by atoms with Crippen LogP contribution in [0.5, 0.6) is 0 Å². The number of benzene rings is 1. The predicted molar refractivity (Wildman–Crippen MR) is 69.7 cm³/mol. The van der Waals surface area contributed by atoms with E-state index in [1.807, 2.05) is 6.07 Å². The molecule has 0 unspecified atom stereocenters. The summed E-state index contributed by atoms with van der Waals surface area (Å²) >= 11 is 7.92. The molecule has 1 aromatic heterocycles. The molecular weight excluding hydrogens is 358 g/mol. The maximum absolute atomic E-state index is 11.8. The van der Waals surface area contributed by atoms with Crippen LogP contribution < -0.4 is 5.32 Å². The van der Waals surface area contributed by atoms with Crippen molar-refractivity contribution in [2.45, 2.75) is 0 Å². The zero-order valence-corrected chi connectivity index (χ0v) is 11.8. The minimum Gasteiger partial charge on any atom is -0.296 e. The van der Waals surface area contributed by atoms with Gasteiger partial charge in [-0.1, -0.05) is 43.2 Å². The number of carbonyl (C=O) groups excluding carboxylic acids is 1. The molecule has 2 aromatic rings. The summed E-state index contributed by atoms with van der Waals surface area (Å²) in [5.74, 6) is -0.209. The zero-order chi connectivity index (χ0) is 11.5. The average molecular weight is 363 g/mol. The van der Waals surface area contributed by atoms with Crippen molar-refractivity contribution >= 4 is 54.2 Å². The van der Waals surface area contributed by atoms with Crippen LogP contribution in [0.2, 0.25) is 0 Å². The van der Waals surface area contributed by atoms with Crippen LogP contribution in [0.1, 0.15) is 10.4 Å². The number of nitrogens with one attached hydrogen (secondary N) is 1. The number of hydrogen-bond acceptors (Lipinski definition) is 4. The van der Waals surface area contributed by atoms with Crippen molar-refractivity contribution in [2.75, 3.05) is 5.32 Å². The van der Waals surface area contributed by atoms with Crippen molar-refractivity contribution in [3.05, 3.63) is 38.2 Å². The van der Waals surface area contributed by atoms with Crippen molar-refractivity contribution in [3.8, 4) is 0 Å². The zero-order valence-electron chi connectivity index (χ0n) is 7.78. The van der Waals surface area contributed by atoms with Gasteiger partial charge in [-0.3, -0.25) is 10.1 Å². The normalized spacial score (nSPS) is 10.1. The van der Waals surface area contributed by atoms with Gasteiger partial charge in [0.25, 0.3) is 5.91 Å². The van der Waals surface area contributed by atoms with Gasteiger partial charge in [0.1, 0.15) is 5.51 Å². The van der Waals surface area contributed by atoms with Crippen LogP contribution in [0.25, 0.3) is 0 Å². The first-order valence-corrected chi connectivity index (χ1v) is 6.65. The molecule has 1 heterocycles. The molecule has 0 aliphatic carbocycles. The van der Waals surface area contributed by atoms with E-state index in [4.69, 9.17) is 0 Å². The molecule has 0 saturated carbocycles. The van der Waals surface area contributed by atoms with E-state index in [-0.39, 0.29) is 5.91 Å². The number of nitrogens with zero attached hydrogens (tertiary/aromatic N) is 2. The summed E-state index contributed by atoms with van der Waals surface area (Å²) in [6.45, 7) is 0. The maximum atomic E-state index is 11.8. The maximum Gasteiger partial charge on any atom is 0.257 e. The van der Waals surface area contributed by atoms with Gasteiger partial charge in [0, 0.05) is 14.5 Å². The largest absolute Gasteiger partial charge is 0.296 e. The fraction of sp³-hybridized carbons (Fsp3) is 0. The van der Waals surface area contributed by atoms with Gasteiger partial charge in [0.2, 0.25) is 5.13 Å². The highest BCUT2D eigenvalue weighted by atomic mass is 79.9. The van der Waals surface area contributed by atoms with Crippen LogP contribution in [-0.4, -0.2) is 16.1 Å². The third kappa shape index (κ3) is 2.87. The molecule has 0 fully saturated rings. The molecule has 0 saturated heterocycles.